The van der Waals surface area contributed by atoms with Crippen molar-refractivity contribution >= 4 is 0 Å². The summed E-state index contributed by atoms with van der Waals surface area (Å²) in [5, 5.41) is 7.55. The van der Waals surface area contributed by atoms with Crippen LogP contribution >= 0.6 is 0 Å². The molecule has 1 aromatic rings. The van der Waals surface area contributed by atoms with E-state index in [1.807, 2.05) is 6.92 Å². The third-order valence-electron chi connectivity index (χ3n) is 4.02. The average Bonchev–Trinajstić information content (AvgIpc) is 3.04. The SMILES string of the molecule is CCOC(c1noc(C2(CC)CCNC2)n1)C(C)C. The van der Waals surface area contributed by atoms with Gasteiger partial charge in [-0.1, -0.05) is 25.9 Å². The fourth-order valence-electron chi connectivity index (χ4n) is 2.69. The van der Waals surface area contributed by atoms with Crippen molar-refractivity contribution in [1.29, 1.82) is 0 Å². The number of ether oxygens (including phenoxy) is 1. The van der Waals surface area contributed by atoms with Crippen molar-refractivity contribution in [2.45, 2.75) is 52.1 Å². The molecule has 0 spiro atoms. The van der Waals surface area contributed by atoms with E-state index in [9.17, 15) is 0 Å². The predicted molar refractivity (Wildman–Crippen MR) is 73.0 cm³/mol. The Morgan fingerprint density at radius 1 is 1.42 bits per heavy atom. The highest BCUT2D eigenvalue weighted by Crippen LogP contribution is 2.34. The van der Waals surface area contributed by atoms with E-state index in [0.717, 1.165) is 31.8 Å². The Bertz CT molecular complexity index is 397. The van der Waals surface area contributed by atoms with Gasteiger partial charge in [0.1, 0.15) is 6.10 Å². The lowest BCUT2D eigenvalue weighted by Crippen LogP contribution is -2.28. The minimum Gasteiger partial charge on any atom is -0.370 e. The molecule has 1 aliphatic rings. The molecule has 0 radical (unpaired) electrons. The Hall–Kier alpha value is -0.940. The second kappa shape index (κ2) is 6.01. The van der Waals surface area contributed by atoms with Gasteiger partial charge in [-0.3, -0.25) is 0 Å². The van der Waals surface area contributed by atoms with E-state index in [1.165, 1.54) is 0 Å². The van der Waals surface area contributed by atoms with Crippen LogP contribution in [0.5, 0.6) is 0 Å². The fraction of sp³-hybridized carbons (Fsp3) is 0.857. The maximum Gasteiger partial charge on any atom is 0.234 e. The molecule has 2 unspecified atom stereocenters. The standard InChI is InChI=1S/C14H25N3O2/c1-5-14(7-8-15-9-14)13-16-12(17-19-13)11(10(3)4)18-6-2/h10-11,15H,5-9H2,1-4H3. The Morgan fingerprint density at radius 2 is 2.21 bits per heavy atom. The van der Waals surface area contributed by atoms with Crippen LogP contribution < -0.4 is 5.32 Å². The maximum absolute atomic E-state index is 5.73. The number of nitrogens with zero attached hydrogens (tertiary/aromatic N) is 2. The minimum atomic E-state index is -0.0780. The van der Waals surface area contributed by atoms with Crippen LogP contribution in [0.4, 0.5) is 0 Å². The van der Waals surface area contributed by atoms with Crippen LogP contribution in [-0.2, 0) is 10.2 Å². The van der Waals surface area contributed by atoms with Crippen molar-refractivity contribution in [2.75, 3.05) is 19.7 Å². The summed E-state index contributed by atoms with van der Waals surface area (Å²) in [6.07, 6.45) is 2.00. The van der Waals surface area contributed by atoms with Gasteiger partial charge in [-0.05, 0) is 32.2 Å². The van der Waals surface area contributed by atoms with Crippen LogP contribution in [0.2, 0.25) is 0 Å². The summed E-state index contributed by atoms with van der Waals surface area (Å²) in [6.45, 7) is 11.0. The molecule has 2 heterocycles. The Morgan fingerprint density at radius 3 is 2.74 bits per heavy atom. The summed E-state index contributed by atoms with van der Waals surface area (Å²) >= 11 is 0. The molecule has 108 valence electrons. The number of aromatic nitrogens is 2. The Labute approximate surface area is 115 Å². The summed E-state index contributed by atoms with van der Waals surface area (Å²) in [4.78, 5) is 4.63. The van der Waals surface area contributed by atoms with Crippen LogP contribution in [0.1, 0.15) is 58.4 Å². The second-order valence-corrected chi connectivity index (χ2v) is 5.64. The summed E-state index contributed by atoms with van der Waals surface area (Å²) in [5.74, 6) is 1.79. The van der Waals surface area contributed by atoms with Gasteiger partial charge >= 0.3 is 0 Å². The first kappa shape index (κ1) is 14.5. The van der Waals surface area contributed by atoms with Crippen molar-refractivity contribution in [2.24, 2.45) is 5.92 Å². The molecule has 0 aliphatic carbocycles. The van der Waals surface area contributed by atoms with Crippen LogP contribution in [0.25, 0.3) is 0 Å². The molecule has 0 saturated carbocycles. The van der Waals surface area contributed by atoms with E-state index in [-0.39, 0.29) is 11.5 Å². The zero-order valence-electron chi connectivity index (χ0n) is 12.4. The van der Waals surface area contributed by atoms with Gasteiger partial charge in [0.2, 0.25) is 11.7 Å². The topological polar surface area (TPSA) is 60.2 Å². The van der Waals surface area contributed by atoms with E-state index in [0.29, 0.717) is 18.3 Å². The molecule has 1 saturated heterocycles. The maximum atomic E-state index is 5.73. The number of nitrogens with one attached hydrogen (secondary N) is 1. The predicted octanol–water partition coefficient (Wildman–Crippen LogP) is 2.44. The van der Waals surface area contributed by atoms with E-state index in [4.69, 9.17) is 9.26 Å². The number of hydrogen-bond acceptors (Lipinski definition) is 5. The van der Waals surface area contributed by atoms with Crippen molar-refractivity contribution in [3.8, 4) is 0 Å². The molecule has 5 nitrogen and oxygen atoms in total. The molecule has 5 heteroatoms. The molecule has 1 aromatic heterocycles. The van der Waals surface area contributed by atoms with Crippen molar-refractivity contribution in [1.82, 2.24) is 15.5 Å². The van der Waals surface area contributed by atoms with Gasteiger partial charge in [0.05, 0.1) is 5.41 Å². The summed E-state index contributed by atoms with van der Waals surface area (Å²) < 4.78 is 11.3. The van der Waals surface area contributed by atoms with Crippen LogP contribution in [-0.4, -0.2) is 29.8 Å². The van der Waals surface area contributed by atoms with Gasteiger partial charge in [0.25, 0.3) is 0 Å². The van der Waals surface area contributed by atoms with Crippen molar-refractivity contribution in [3.05, 3.63) is 11.7 Å². The molecule has 1 N–H and O–H groups in total. The zero-order chi connectivity index (χ0) is 13.9. The first-order valence-electron chi connectivity index (χ1n) is 7.29. The van der Waals surface area contributed by atoms with E-state index < -0.39 is 0 Å². The first-order valence-corrected chi connectivity index (χ1v) is 7.29. The fourth-order valence-corrected chi connectivity index (χ4v) is 2.69. The van der Waals surface area contributed by atoms with E-state index in [1.54, 1.807) is 0 Å². The highest BCUT2D eigenvalue weighted by molar-refractivity contribution is 5.10. The normalized spacial score (nSPS) is 25.1. The number of rotatable bonds is 6. The quantitative estimate of drug-likeness (QED) is 0.858. The van der Waals surface area contributed by atoms with Gasteiger partial charge in [0, 0.05) is 13.2 Å². The molecule has 2 atom stereocenters. The van der Waals surface area contributed by atoms with E-state index >= 15 is 0 Å². The number of hydrogen-bond donors (Lipinski definition) is 1. The lowest BCUT2D eigenvalue weighted by Gasteiger charge is -2.21. The molecule has 19 heavy (non-hydrogen) atoms. The average molecular weight is 267 g/mol. The van der Waals surface area contributed by atoms with Crippen molar-refractivity contribution < 1.29 is 9.26 Å². The molecule has 0 amide bonds. The second-order valence-electron chi connectivity index (χ2n) is 5.64. The zero-order valence-corrected chi connectivity index (χ0v) is 12.4. The third-order valence-corrected chi connectivity index (χ3v) is 4.02. The first-order chi connectivity index (χ1) is 9.13. The van der Waals surface area contributed by atoms with Gasteiger partial charge in [-0.15, -0.1) is 0 Å². The summed E-state index contributed by atoms with van der Waals surface area (Å²) in [7, 11) is 0. The van der Waals surface area contributed by atoms with Gasteiger partial charge in [0.15, 0.2) is 0 Å². The minimum absolute atomic E-state index is 0.0129. The highest BCUT2D eigenvalue weighted by atomic mass is 16.5. The smallest absolute Gasteiger partial charge is 0.234 e. The molecule has 2 rings (SSSR count). The van der Waals surface area contributed by atoms with Gasteiger partial charge in [-0.25, -0.2) is 0 Å². The lowest BCUT2D eigenvalue weighted by atomic mass is 9.84. The molecule has 0 bridgehead atoms. The Kier molecular flexibility index (Phi) is 4.58. The largest absolute Gasteiger partial charge is 0.370 e. The molecule has 1 fully saturated rings. The summed E-state index contributed by atoms with van der Waals surface area (Å²) in [6, 6.07) is 0. The van der Waals surface area contributed by atoms with Crippen LogP contribution in [0.3, 0.4) is 0 Å². The monoisotopic (exact) mass is 267 g/mol. The lowest BCUT2D eigenvalue weighted by molar-refractivity contribution is 0.0217. The van der Waals surface area contributed by atoms with Crippen LogP contribution in [0.15, 0.2) is 4.52 Å². The molecule has 1 aliphatic heterocycles. The van der Waals surface area contributed by atoms with Gasteiger partial charge < -0.3 is 14.6 Å². The summed E-state index contributed by atoms with van der Waals surface area (Å²) in [5.41, 5.74) is 0.0129. The van der Waals surface area contributed by atoms with Gasteiger partial charge in [-0.2, -0.15) is 4.98 Å². The Balaban J connectivity index is 2.22. The molecule has 0 aromatic carbocycles. The highest BCUT2D eigenvalue weighted by Gasteiger charge is 2.40. The van der Waals surface area contributed by atoms with Crippen molar-refractivity contribution in [3.63, 3.8) is 0 Å². The van der Waals surface area contributed by atoms with E-state index in [2.05, 4.69) is 36.2 Å². The van der Waals surface area contributed by atoms with Crippen LogP contribution in [0, 0.1) is 5.92 Å². The molecular formula is C14H25N3O2. The third kappa shape index (κ3) is 2.82. The molecular weight excluding hydrogens is 242 g/mol.